The van der Waals surface area contributed by atoms with Crippen LogP contribution in [0, 0.1) is 0 Å². The standard InChI is InChI=1S/C14H27N5O2/c1-5-12(6-2)16-14(20)11(3)19-10-13(17-18-19)9-15-7-8-21-4/h10-12,15H,5-9H2,1-4H3,(H,16,20). The molecule has 21 heavy (non-hydrogen) atoms. The van der Waals surface area contributed by atoms with Crippen molar-refractivity contribution in [3.05, 3.63) is 11.9 Å². The summed E-state index contributed by atoms with van der Waals surface area (Å²) < 4.78 is 6.56. The van der Waals surface area contributed by atoms with E-state index in [0.717, 1.165) is 25.1 Å². The Balaban J connectivity index is 2.48. The van der Waals surface area contributed by atoms with Crippen molar-refractivity contribution in [3.8, 4) is 0 Å². The van der Waals surface area contributed by atoms with Crippen LogP contribution in [0.25, 0.3) is 0 Å². The van der Waals surface area contributed by atoms with Crippen LogP contribution in [0.2, 0.25) is 0 Å². The van der Waals surface area contributed by atoms with E-state index in [2.05, 4.69) is 34.8 Å². The molecule has 0 saturated heterocycles. The number of methoxy groups -OCH3 is 1. The molecular weight excluding hydrogens is 270 g/mol. The van der Waals surface area contributed by atoms with Gasteiger partial charge in [-0.2, -0.15) is 0 Å². The molecule has 1 aromatic rings. The topological polar surface area (TPSA) is 81.1 Å². The highest BCUT2D eigenvalue weighted by atomic mass is 16.5. The van der Waals surface area contributed by atoms with E-state index in [-0.39, 0.29) is 18.0 Å². The molecule has 0 aromatic carbocycles. The van der Waals surface area contributed by atoms with Crippen LogP contribution >= 0.6 is 0 Å². The third-order valence-corrected chi connectivity index (χ3v) is 3.46. The van der Waals surface area contributed by atoms with E-state index in [1.807, 2.05) is 6.92 Å². The third kappa shape index (κ3) is 5.81. The second-order valence-corrected chi connectivity index (χ2v) is 5.06. The molecule has 1 rings (SSSR count). The van der Waals surface area contributed by atoms with Gasteiger partial charge < -0.3 is 15.4 Å². The molecule has 0 aliphatic carbocycles. The van der Waals surface area contributed by atoms with Crippen molar-refractivity contribution in [1.82, 2.24) is 25.6 Å². The van der Waals surface area contributed by atoms with E-state index in [9.17, 15) is 4.79 Å². The van der Waals surface area contributed by atoms with Gasteiger partial charge in [0.25, 0.3) is 0 Å². The molecule has 0 radical (unpaired) electrons. The van der Waals surface area contributed by atoms with Crippen molar-refractivity contribution in [3.63, 3.8) is 0 Å². The maximum Gasteiger partial charge on any atom is 0.244 e. The zero-order chi connectivity index (χ0) is 15.7. The Hall–Kier alpha value is -1.47. The SMILES string of the molecule is CCC(CC)NC(=O)C(C)n1cc(CNCCOC)nn1. The summed E-state index contributed by atoms with van der Waals surface area (Å²) >= 11 is 0. The van der Waals surface area contributed by atoms with Crippen LogP contribution in [0.5, 0.6) is 0 Å². The van der Waals surface area contributed by atoms with Gasteiger partial charge in [0.05, 0.1) is 18.5 Å². The monoisotopic (exact) mass is 297 g/mol. The smallest absolute Gasteiger partial charge is 0.244 e. The van der Waals surface area contributed by atoms with E-state index < -0.39 is 0 Å². The molecule has 2 N–H and O–H groups in total. The minimum Gasteiger partial charge on any atom is -0.383 e. The van der Waals surface area contributed by atoms with E-state index in [1.54, 1.807) is 18.0 Å². The number of hydrogen-bond donors (Lipinski definition) is 2. The Bertz CT molecular complexity index is 417. The zero-order valence-electron chi connectivity index (χ0n) is 13.4. The van der Waals surface area contributed by atoms with Crippen LogP contribution in [0.3, 0.4) is 0 Å². The molecule has 1 aromatic heterocycles. The molecule has 0 fully saturated rings. The summed E-state index contributed by atoms with van der Waals surface area (Å²) in [5.41, 5.74) is 0.813. The van der Waals surface area contributed by atoms with Crippen LogP contribution in [0.1, 0.15) is 45.3 Å². The molecule has 1 amide bonds. The summed E-state index contributed by atoms with van der Waals surface area (Å²) in [5.74, 6) is -0.0208. The maximum absolute atomic E-state index is 12.1. The molecule has 1 unspecified atom stereocenters. The van der Waals surface area contributed by atoms with Crippen molar-refractivity contribution >= 4 is 5.91 Å². The molecule has 0 bridgehead atoms. The van der Waals surface area contributed by atoms with Gasteiger partial charge in [-0.3, -0.25) is 4.79 Å². The fourth-order valence-electron chi connectivity index (χ4n) is 1.91. The minimum absolute atomic E-state index is 0.0208. The number of carbonyl (C=O) groups excluding carboxylic acids is 1. The lowest BCUT2D eigenvalue weighted by Gasteiger charge is -2.18. The highest BCUT2D eigenvalue weighted by Gasteiger charge is 2.18. The van der Waals surface area contributed by atoms with E-state index in [0.29, 0.717) is 13.2 Å². The third-order valence-electron chi connectivity index (χ3n) is 3.46. The van der Waals surface area contributed by atoms with Crippen molar-refractivity contribution in [2.24, 2.45) is 0 Å². The van der Waals surface area contributed by atoms with Crippen molar-refractivity contribution in [2.75, 3.05) is 20.3 Å². The molecule has 0 spiro atoms. The molecule has 7 heteroatoms. The van der Waals surface area contributed by atoms with Crippen molar-refractivity contribution in [2.45, 2.75) is 52.2 Å². The summed E-state index contributed by atoms with van der Waals surface area (Å²) in [6.45, 7) is 7.99. The first-order chi connectivity index (χ1) is 10.1. The Morgan fingerprint density at radius 3 is 2.76 bits per heavy atom. The molecule has 0 aliphatic rings. The first-order valence-electron chi connectivity index (χ1n) is 7.53. The van der Waals surface area contributed by atoms with E-state index >= 15 is 0 Å². The first-order valence-corrected chi connectivity index (χ1v) is 7.53. The summed E-state index contributed by atoms with van der Waals surface area (Å²) in [6, 6.07) is -0.135. The fourth-order valence-corrected chi connectivity index (χ4v) is 1.91. The van der Waals surface area contributed by atoms with Gasteiger partial charge in [0, 0.05) is 26.2 Å². The molecule has 1 heterocycles. The number of amides is 1. The number of nitrogens with zero attached hydrogens (tertiary/aromatic N) is 3. The number of ether oxygens (including phenoxy) is 1. The average molecular weight is 297 g/mol. The van der Waals surface area contributed by atoms with Gasteiger partial charge in [0.2, 0.25) is 5.91 Å². The van der Waals surface area contributed by atoms with E-state index in [1.165, 1.54) is 0 Å². The second-order valence-electron chi connectivity index (χ2n) is 5.06. The van der Waals surface area contributed by atoms with Gasteiger partial charge in [-0.25, -0.2) is 4.68 Å². The Morgan fingerprint density at radius 1 is 1.43 bits per heavy atom. The molecule has 1 atom stereocenters. The lowest BCUT2D eigenvalue weighted by Crippen LogP contribution is -2.38. The Labute approximate surface area is 126 Å². The highest BCUT2D eigenvalue weighted by molar-refractivity contribution is 5.80. The molecule has 0 aliphatic heterocycles. The molecular formula is C14H27N5O2. The fraction of sp³-hybridized carbons (Fsp3) is 0.786. The first kappa shape index (κ1) is 17.6. The van der Waals surface area contributed by atoms with Crippen LogP contribution < -0.4 is 10.6 Å². The van der Waals surface area contributed by atoms with Crippen molar-refractivity contribution < 1.29 is 9.53 Å². The zero-order valence-corrected chi connectivity index (χ0v) is 13.4. The number of aromatic nitrogens is 3. The maximum atomic E-state index is 12.1. The van der Waals surface area contributed by atoms with Gasteiger partial charge in [-0.1, -0.05) is 19.1 Å². The normalized spacial score (nSPS) is 12.6. The van der Waals surface area contributed by atoms with Crippen LogP contribution in [-0.4, -0.2) is 47.2 Å². The van der Waals surface area contributed by atoms with Gasteiger partial charge in [-0.05, 0) is 19.8 Å². The predicted molar refractivity (Wildman–Crippen MR) is 80.8 cm³/mol. The summed E-state index contributed by atoms with van der Waals surface area (Å²) in [6.07, 6.45) is 3.67. The van der Waals surface area contributed by atoms with Crippen LogP contribution in [-0.2, 0) is 16.1 Å². The second kappa shape index (κ2) is 9.46. The largest absolute Gasteiger partial charge is 0.383 e. The van der Waals surface area contributed by atoms with Gasteiger partial charge >= 0.3 is 0 Å². The molecule has 0 saturated carbocycles. The van der Waals surface area contributed by atoms with E-state index in [4.69, 9.17) is 4.74 Å². The van der Waals surface area contributed by atoms with Gasteiger partial charge in [0.15, 0.2) is 0 Å². The number of nitrogens with one attached hydrogen (secondary N) is 2. The Kier molecular flexibility index (Phi) is 7.92. The van der Waals surface area contributed by atoms with Crippen LogP contribution in [0.15, 0.2) is 6.20 Å². The van der Waals surface area contributed by atoms with Gasteiger partial charge in [-0.15, -0.1) is 5.10 Å². The average Bonchev–Trinajstić information content (AvgIpc) is 2.97. The van der Waals surface area contributed by atoms with Gasteiger partial charge in [0.1, 0.15) is 6.04 Å². The molecule has 120 valence electrons. The molecule has 7 nitrogen and oxygen atoms in total. The van der Waals surface area contributed by atoms with Crippen LogP contribution in [0.4, 0.5) is 0 Å². The quantitative estimate of drug-likeness (QED) is 0.627. The minimum atomic E-state index is -0.356. The summed E-state index contributed by atoms with van der Waals surface area (Å²) in [5, 5.41) is 14.3. The number of hydrogen-bond acceptors (Lipinski definition) is 5. The summed E-state index contributed by atoms with van der Waals surface area (Å²) in [7, 11) is 1.66. The number of carbonyl (C=O) groups is 1. The lowest BCUT2D eigenvalue weighted by molar-refractivity contribution is -0.124. The lowest BCUT2D eigenvalue weighted by atomic mass is 10.1. The highest BCUT2D eigenvalue weighted by Crippen LogP contribution is 2.07. The predicted octanol–water partition coefficient (Wildman–Crippen LogP) is 0.880. The number of rotatable bonds is 10. The Morgan fingerprint density at radius 2 is 2.14 bits per heavy atom. The van der Waals surface area contributed by atoms with Crippen molar-refractivity contribution in [1.29, 1.82) is 0 Å². The summed E-state index contributed by atoms with van der Waals surface area (Å²) in [4.78, 5) is 12.1.